The number of anilines is 1. The van der Waals surface area contributed by atoms with Crippen molar-refractivity contribution in [1.82, 2.24) is 9.97 Å². The fraction of sp³-hybridized carbons (Fsp3) is 0.167. The molecule has 0 radical (unpaired) electrons. The molecule has 108 valence electrons. The van der Waals surface area contributed by atoms with Crippen LogP contribution < -0.4 is 56.5 Å². The number of sulfonamides is 1. The molecule has 0 atom stereocenters. The van der Waals surface area contributed by atoms with Gasteiger partial charge in [-0.3, -0.25) is 4.72 Å². The molecule has 0 unspecified atom stereocenters. The Kier molecular flexibility index (Phi) is 5.30. The van der Waals surface area contributed by atoms with E-state index in [1.54, 1.807) is 25.1 Å². The minimum absolute atomic E-state index is 0. The molecular formula is C12H11KN6O2S. The van der Waals surface area contributed by atoms with Crippen molar-refractivity contribution in [3.63, 3.8) is 0 Å². The molecular weight excluding hydrogens is 331 g/mol. The Bertz CT molecular complexity index is 816. The Labute approximate surface area is 170 Å². The second-order valence-electron chi connectivity index (χ2n) is 4.52. The molecule has 0 spiro atoms. The minimum Gasteiger partial charge on any atom is -0.363 e. The van der Waals surface area contributed by atoms with Gasteiger partial charge in [0.05, 0.1) is 4.90 Å². The van der Waals surface area contributed by atoms with E-state index in [1.165, 1.54) is 17.3 Å². The summed E-state index contributed by atoms with van der Waals surface area (Å²) in [5.74, 6) is 0.253. The van der Waals surface area contributed by atoms with Crippen LogP contribution in [0, 0.1) is 13.8 Å². The largest absolute Gasteiger partial charge is 1.00 e. The molecule has 0 saturated carbocycles. The van der Waals surface area contributed by atoms with E-state index in [4.69, 9.17) is 0 Å². The molecule has 0 aliphatic carbocycles. The third-order valence-electron chi connectivity index (χ3n) is 2.73. The van der Waals surface area contributed by atoms with Gasteiger partial charge in [-0.05, 0) is 48.2 Å². The fourth-order valence-electron chi connectivity index (χ4n) is 1.66. The summed E-state index contributed by atoms with van der Waals surface area (Å²) in [7, 11) is -3.85. The van der Waals surface area contributed by atoms with Gasteiger partial charge in [-0.1, -0.05) is 17.7 Å². The van der Waals surface area contributed by atoms with Crippen LogP contribution in [-0.4, -0.2) is 18.4 Å². The van der Waals surface area contributed by atoms with Crippen LogP contribution in [0.2, 0.25) is 0 Å². The smallest absolute Gasteiger partial charge is 0.363 e. The van der Waals surface area contributed by atoms with Crippen molar-refractivity contribution < 1.29 is 59.8 Å². The molecule has 0 N–H and O–H groups in total. The summed E-state index contributed by atoms with van der Waals surface area (Å²) in [6, 6.07) is 8.05. The number of aryl methyl sites for hydroxylation is 2. The van der Waals surface area contributed by atoms with Gasteiger partial charge in [-0.2, -0.15) is 0 Å². The SMILES string of the molecule is Cc1ccc(S(=O)(=O)[N-]c2nc(C)cc(N3N=N3)n2)cc1.[K+]. The Morgan fingerprint density at radius 3 is 2.27 bits per heavy atom. The van der Waals surface area contributed by atoms with E-state index in [1.807, 2.05) is 6.92 Å². The van der Waals surface area contributed by atoms with Crippen LogP contribution >= 0.6 is 0 Å². The molecule has 8 nitrogen and oxygen atoms in total. The van der Waals surface area contributed by atoms with E-state index in [0.717, 1.165) is 5.56 Å². The fourth-order valence-corrected chi connectivity index (χ4v) is 2.54. The van der Waals surface area contributed by atoms with Crippen LogP contribution in [0.5, 0.6) is 0 Å². The molecule has 3 rings (SSSR count). The molecule has 10 heteroatoms. The number of nitrogens with zero attached hydrogens (tertiary/aromatic N) is 6. The van der Waals surface area contributed by atoms with E-state index < -0.39 is 10.0 Å². The van der Waals surface area contributed by atoms with Crippen molar-refractivity contribution in [3.05, 3.63) is 46.3 Å². The Morgan fingerprint density at radius 2 is 1.68 bits per heavy atom. The van der Waals surface area contributed by atoms with Crippen molar-refractivity contribution in [1.29, 1.82) is 0 Å². The van der Waals surface area contributed by atoms with E-state index in [0.29, 0.717) is 11.5 Å². The summed E-state index contributed by atoms with van der Waals surface area (Å²) < 4.78 is 28.1. The molecule has 0 fully saturated rings. The molecule has 1 aliphatic rings. The quantitative estimate of drug-likeness (QED) is 0.703. The van der Waals surface area contributed by atoms with Gasteiger partial charge in [0.1, 0.15) is 5.82 Å². The number of hydrogen-bond donors (Lipinski definition) is 0. The topological polar surface area (TPSA) is 102 Å². The third-order valence-corrected chi connectivity index (χ3v) is 4.00. The zero-order valence-corrected chi connectivity index (χ0v) is 16.2. The number of benzene rings is 1. The summed E-state index contributed by atoms with van der Waals surface area (Å²) in [5.41, 5.74) is 1.54. The Morgan fingerprint density at radius 1 is 1.05 bits per heavy atom. The average molecular weight is 342 g/mol. The van der Waals surface area contributed by atoms with Gasteiger partial charge in [0.25, 0.3) is 0 Å². The van der Waals surface area contributed by atoms with Crippen molar-refractivity contribution in [2.24, 2.45) is 10.4 Å². The zero-order valence-electron chi connectivity index (χ0n) is 12.3. The van der Waals surface area contributed by atoms with Crippen LogP contribution in [0.3, 0.4) is 0 Å². The number of hydrogen-bond acceptors (Lipinski definition) is 7. The molecule has 0 amide bonds. The summed E-state index contributed by atoms with van der Waals surface area (Å²) in [6.07, 6.45) is 0. The third kappa shape index (κ3) is 4.09. The first-order valence-electron chi connectivity index (χ1n) is 6.06. The van der Waals surface area contributed by atoms with Crippen LogP contribution in [0.4, 0.5) is 11.8 Å². The molecule has 1 aromatic carbocycles. The number of rotatable bonds is 4. The monoisotopic (exact) mass is 342 g/mol. The Hall–Kier alpha value is -0.914. The van der Waals surface area contributed by atoms with Crippen molar-refractivity contribution in [3.8, 4) is 0 Å². The maximum Gasteiger partial charge on any atom is 1.00 e. The van der Waals surface area contributed by atoms with Gasteiger partial charge in [0, 0.05) is 5.95 Å². The summed E-state index contributed by atoms with van der Waals surface area (Å²) in [4.78, 5) is 8.11. The van der Waals surface area contributed by atoms with Gasteiger partial charge in [-0.25, -0.2) is 8.42 Å². The van der Waals surface area contributed by atoms with Crippen LogP contribution in [0.15, 0.2) is 45.7 Å². The molecule has 1 aliphatic heterocycles. The molecule has 1 aromatic heterocycles. The first kappa shape index (κ1) is 17.4. The normalized spacial score (nSPS) is 12.7. The predicted molar refractivity (Wildman–Crippen MR) is 75.5 cm³/mol. The van der Waals surface area contributed by atoms with Crippen LogP contribution in [0.1, 0.15) is 11.3 Å². The summed E-state index contributed by atoms with van der Waals surface area (Å²) in [5, 5.41) is 8.46. The summed E-state index contributed by atoms with van der Waals surface area (Å²) in [6.45, 7) is 3.59. The molecule has 2 aromatic rings. The van der Waals surface area contributed by atoms with E-state index in [9.17, 15) is 8.42 Å². The first-order valence-corrected chi connectivity index (χ1v) is 7.50. The standard InChI is InChI=1S/C12H11N6O2S.K/c1-8-3-5-10(6-4-8)21(19,20)15-12-13-9(2)7-11(14-12)18-16-17-18;/h3-7H,1-2H3;/q-1;+1. The van der Waals surface area contributed by atoms with Crippen molar-refractivity contribution >= 4 is 21.8 Å². The minimum atomic E-state index is -3.85. The maximum absolute atomic E-state index is 12.2. The number of aromatic nitrogens is 2. The zero-order chi connectivity index (χ0) is 15.0. The second kappa shape index (κ2) is 6.68. The first-order chi connectivity index (χ1) is 9.94. The summed E-state index contributed by atoms with van der Waals surface area (Å²) >= 11 is 0. The van der Waals surface area contributed by atoms with Gasteiger partial charge in [0.15, 0.2) is 0 Å². The van der Waals surface area contributed by atoms with Gasteiger partial charge in [-0.15, -0.1) is 5.12 Å². The Balaban J connectivity index is 0.00000176. The van der Waals surface area contributed by atoms with Crippen molar-refractivity contribution in [2.45, 2.75) is 18.7 Å². The second-order valence-corrected chi connectivity index (χ2v) is 6.12. The predicted octanol–water partition coefficient (Wildman–Crippen LogP) is -0.406. The molecule has 2 heterocycles. The average Bonchev–Trinajstić information content (AvgIpc) is 3.22. The van der Waals surface area contributed by atoms with Crippen LogP contribution in [0.25, 0.3) is 4.72 Å². The van der Waals surface area contributed by atoms with E-state index in [-0.39, 0.29) is 62.2 Å². The van der Waals surface area contributed by atoms with E-state index >= 15 is 0 Å². The maximum atomic E-state index is 12.2. The molecule has 0 bridgehead atoms. The van der Waals surface area contributed by atoms with Crippen LogP contribution in [-0.2, 0) is 10.0 Å². The van der Waals surface area contributed by atoms with Crippen molar-refractivity contribution in [2.75, 3.05) is 5.12 Å². The van der Waals surface area contributed by atoms with E-state index in [2.05, 4.69) is 25.1 Å². The van der Waals surface area contributed by atoms with Gasteiger partial charge in [0.2, 0.25) is 10.0 Å². The molecule has 0 saturated heterocycles. The van der Waals surface area contributed by atoms with Gasteiger partial charge >= 0.3 is 51.4 Å². The van der Waals surface area contributed by atoms with Gasteiger partial charge < -0.3 is 9.97 Å². The molecule has 22 heavy (non-hydrogen) atoms.